The maximum Gasteiger partial charge on any atom is 0.0230 e. The Morgan fingerprint density at radius 2 is 1.95 bits per heavy atom. The van der Waals surface area contributed by atoms with E-state index in [1.54, 1.807) is 0 Å². The summed E-state index contributed by atoms with van der Waals surface area (Å²) in [5.74, 6) is 0.695. The molecule has 0 heterocycles. The highest BCUT2D eigenvalue weighted by Gasteiger charge is 2.22. The van der Waals surface area contributed by atoms with Crippen molar-refractivity contribution in [3.63, 3.8) is 0 Å². The van der Waals surface area contributed by atoms with Crippen LogP contribution >= 0.6 is 0 Å². The molecule has 1 aliphatic carbocycles. The van der Waals surface area contributed by atoms with Gasteiger partial charge in [0.25, 0.3) is 0 Å². The molecule has 1 saturated carbocycles. The standard InChI is InChI=1S/C18H31N3/c1-21(15-16-8-3-2-4-9-16)13-7-12-20-18-11-6-5-10-17(18)14-19/h2-4,8-9,17-18,20H,5-7,10-15,19H2,1H3. The molecule has 1 aliphatic rings. The highest BCUT2D eigenvalue weighted by Crippen LogP contribution is 2.23. The summed E-state index contributed by atoms with van der Waals surface area (Å²) in [6.45, 7) is 4.13. The van der Waals surface area contributed by atoms with Crippen LogP contribution in [0.5, 0.6) is 0 Å². The van der Waals surface area contributed by atoms with Crippen molar-refractivity contribution in [1.29, 1.82) is 0 Å². The van der Waals surface area contributed by atoms with Gasteiger partial charge in [0.05, 0.1) is 0 Å². The first-order valence-electron chi connectivity index (χ1n) is 8.45. The molecule has 1 aromatic rings. The molecule has 0 amide bonds. The minimum Gasteiger partial charge on any atom is -0.330 e. The fourth-order valence-electron chi connectivity index (χ4n) is 3.37. The Kier molecular flexibility index (Phi) is 7.20. The first-order valence-corrected chi connectivity index (χ1v) is 8.45. The third kappa shape index (κ3) is 5.77. The second-order valence-corrected chi connectivity index (χ2v) is 6.42. The van der Waals surface area contributed by atoms with Crippen LogP contribution in [0.25, 0.3) is 0 Å². The molecule has 2 unspecified atom stereocenters. The predicted octanol–water partition coefficient (Wildman–Crippen LogP) is 2.62. The van der Waals surface area contributed by atoms with E-state index in [1.807, 2.05) is 0 Å². The van der Waals surface area contributed by atoms with E-state index < -0.39 is 0 Å². The van der Waals surface area contributed by atoms with Gasteiger partial charge in [0.15, 0.2) is 0 Å². The molecule has 1 fully saturated rings. The Balaban J connectivity index is 1.60. The molecule has 0 aromatic heterocycles. The molecule has 3 N–H and O–H groups in total. The van der Waals surface area contributed by atoms with Crippen LogP contribution in [-0.4, -0.2) is 37.6 Å². The van der Waals surface area contributed by atoms with E-state index in [2.05, 4.69) is 47.6 Å². The smallest absolute Gasteiger partial charge is 0.0230 e. The minimum absolute atomic E-state index is 0.656. The second kappa shape index (κ2) is 9.19. The zero-order valence-electron chi connectivity index (χ0n) is 13.4. The largest absolute Gasteiger partial charge is 0.330 e. The van der Waals surface area contributed by atoms with Crippen LogP contribution in [-0.2, 0) is 6.54 Å². The van der Waals surface area contributed by atoms with Gasteiger partial charge in [0, 0.05) is 12.6 Å². The minimum atomic E-state index is 0.656. The maximum absolute atomic E-state index is 5.88. The van der Waals surface area contributed by atoms with Crippen molar-refractivity contribution in [3.05, 3.63) is 35.9 Å². The van der Waals surface area contributed by atoms with Crippen LogP contribution in [0.4, 0.5) is 0 Å². The number of nitrogens with two attached hydrogens (primary N) is 1. The van der Waals surface area contributed by atoms with Gasteiger partial charge in [-0.25, -0.2) is 0 Å². The van der Waals surface area contributed by atoms with Gasteiger partial charge in [-0.15, -0.1) is 0 Å². The summed E-state index contributed by atoms with van der Waals surface area (Å²) in [4.78, 5) is 2.40. The molecule has 0 bridgehead atoms. The summed E-state index contributed by atoms with van der Waals surface area (Å²) < 4.78 is 0. The third-order valence-corrected chi connectivity index (χ3v) is 4.63. The van der Waals surface area contributed by atoms with E-state index in [-0.39, 0.29) is 0 Å². The zero-order valence-corrected chi connectivity index (χ0v) is 13.4. The van der Waals surface area contributed by atoms with Crippen LogP contribution in [0, 0.1) is 5.92 Å². The van der Waals surface area contributed by atoms with Crippen LogP contribution in [0.15, 0.2) is 30.3 Å². The molecule has 0 aliphatic heterocycles. The average molecular weight is 289 g/mol. The average Bonchev–Trinajstić information content (AvgIpc) is 2.53. The second-order valence-electron chi connectivity index (χ2n) is 6.42. The van der Waals surface area contributed by atoms with E-state index in [0.29, 0.717) is 12.0 Å². The van der Waals surface area contributed by atoms with Crippen LogP contribution in [0.1, 0.15) is 37.7 Å². The highest BCUT2D eigenvalue weighted by molar-refractivity contribution is 5.14. The van der Waals surface area contributed by atoms with Gasteiger partial charge in [-0.05, 0) is 57.4 Å². The Hall–Kier alpha value is -0.900. The predicted molar refractivity (Wildman–Crippen MR) is 90.2 cm³/mol. The summed E-state index contributed by atoms with van der Waals surface area (Å²) >= 11 is 0. The first kappa shape index (κ1) is 16.5. The third-order valence-electron chi connectivity index (χ3n) is 4.63. The lowest BCUT2D eigenvalue weighted by atomic mass is 9.84. The lowest BCUT2D eigenvalue weighted by Gasteiger charge is -2.31. The van der Waals surface area contributed by atoms with E-state index >= 15 is 0 Å². The van der Waals surface area contributed by atoms with Gasteiger partial charge in [-0.2, -0.15) is 0 Å². The molecule has 118 valence electrons. The number of rotatable bonds is 8. The van der Waals surface area contributed by atoms with Gasteiger partial charge in [-0.1, -0.05) is 43.2 Å². The lowest BCUT2D eigenvalue weighted by molar-refractivity contribution is 0.259. The van der Waals surface area contributed by atoms with Crippen molar-refractivity contribution >= 4 is 0 Å². The molecule has 3 heteroatoms. The summed E-state index contributed by atoms with van der Waals surface area (Å²) in [6.07, 6.45) is 6.54. The van der Waals surface area contributed by atoms with Crippen LogP contribution in [0.3, 0.4) is 0 Å². The summed E-state index contributed by atoms with van der Waals surface area (Å²) in [6, 6.07) is 11.3. The molecular weight excluding hydrogens is 258 g/mol. The Morgan fingerprint density at radius 1 is 1.19 bits per heavy atom. The van der Waals surface area contributed by atoms with Gasteiger partial charge >= 0.3 is 0 Å². The quantitative estimate of drug-likeness (QED) is 0.723. The zero-order chi connectivity index (χ0) is 14.9. The fourth-order valence-corrected chi connectivity index (χ4v) is 3.37. The highest BCUT2D eigenvalue weighted by atomic mass is 15.1. The number of hydrogen-bond acceptors (Lipinski definition) is 3. The lowest BCUT2D eigenvalue weighted by Crippen LogP contribution is -2.42. The van der Waals surface area contributed by atoms with Crippen molar-refractivity contribution in [1.82, 2.24) is 10.2 Å². The Bertz CT molecular complexity index is 379. The Labute approximate surface area is 129 Å². The molecule has 1 aromatic carbocycles. The van der Waals surface area contributed by atoms with Gasteiger partial charge in [0.1, 0.15) is 0 Å². The van der Waals surface area contributed by atoms with E-state index in [4.69, 9.17) is 5.73 Å². The molecule has 21 heavy (non-hydrogen) atoms. The molecule has 0 saturated heterocycles. The summed E-state index contributed by atoms with van der Waals surface area (Å²) in [7, 11) is 2.20. The van der Waals surface area contributed by atoms with Crippen molar-refractivity contribution in [2.75, 3.05) is 26.7 Å². The first-order chi connectivity index (χ1) is 10.3. The molecule has 0 spiro atoms. The van der Waals surface area contributed by atoms with Crippen molar-refractivity contribution < 1.29 is 0 Å². The normalized spacial score (nSPS) is 22.6. The number of hydrogen-bond donors (Lipinski definition) is 2. The molecule has 2 atom stereocenters. The monoisotopic (exact) mass is 289 g/mol. The number of nitrogens with one attached hydrogen (secondary N) is 1. The van der Waals surface area contributed by atoms with Crippen LogP contribution < -0.4 is 11.1 Å². The van der Waals surface area contributed by atoms with Crippen molar-refractivity contribution in [2.45, 2.75) is 44.7 Å². The van der Waals surface area contributed by atoms with E-state index in [9.17, 15) is 0 Å². The fraction of sp³-hybridized carbons (Fsp3) is 0.667. The van der Waals surface area contributed by atoms with Crippen molar-refractivity contribution in [2.24, 2.45) is 11.7 Å². The van der Waals surface area contributed by atoms with Gasteiger partial charge in [-0.3, -0.25) is 0 Å². The summed E-state index contributed by atoms with van der Waals surface area (Å²) in [5.41, 5.74) is 7.28. The van der Waals surface area contributed by atoms with Crippen molar-refractivity contribution in [3.8, 4) is 0 Å². The number of benzene rings is 1. The van der Waals surface area contributed by atoms with Gasteiger partial charge < -0.3 is 16.0 Å². The van der Waals surface area contributed by atoms with Crippen LogP contribution in [0.2, 0.25) is 0 Å². The molecular formula is C18H31N3. The molecule has 2 rings (SSSR count). The molecule has 0 radical (unpaired) electrons. The van der Waals surface area contributed by atoms with Gasteiger partial charge in [0.2, 0.25) is 0 Å². The van der Waals surface area contributed by atoms with E-state index in [1.165, 1.54) is 37.7 Å². The van der Waals surface area contributed by atoms with E-state index in [0.717, 1.165) is 26.2 Å². The summed E-state index contributed by atoms with van der Waals surface area (Å²) in [5, 5.41) is 3.74. The maximum atomic E-state index is 5.88. The topological polar surface area (TPSA) is 41.3 Å². The molecule has 3 nitrogen and oxygen atoms in total. The Morgan fingerprint density at radius 3 is 2.71 bits per heavy atom. The SMILES string of the molecule is CN(CCCNC1CCCCC1CN)Cc1ccccc1. The number of nitrogens with zero attached hydrogens (tertiary/aromatic N) is 1.